The number of amides is 2. The first-order valence-electron chi connectivity index (χ1n) is 5.77. The van der Waals surface area contributed by atoms with E-state index >= 15 is 0 Å². The molecule has 0 radical (unpaired) electrons. The van der Waals surface area contributed by atoms with Crippen molar-refractivity contribution in [1.82, 2.24) is 10.2 Å². The van der Waals surface area contributed by atoms with E-state index in [2.05, 4.69) is 12.2 Å². The van der Waals surface area contributed by atoms with Crippen LogP contribution in [-0.4, -0.2) is 41.1 Å². The zero-order valence-electron chi connectivity index (χ0n) is 9.64. The molecule has 16 heavy (non-hydrogen) atoms. The molecule has 1 heterocycles. The van der Waals surface area contributed by atoms with E-state index in [1.165, 1.54) is 0 Å². The van der Waals surface area contributed by atoms with E-state index in [1.807, 2.05) is 6.92 Å². The van der Waals surface area contributed by atoms with Crippen LogP contribution in [-0.2, 0) is 4.79 Å². The Balaban J connectivity index is 1.87. The molecule has 5 heteroatoms. The molecule has 4 atom stereocenters. The number of carboxylic acid groups (broad SMARTS) is 1. The van der Waals surface area contributed by atoms with Gasteiger partial charge in [0.05, 0.1) is 5.92 Å². The van der Waals surface area contributed by atoms with Gasteiger partial charge in [-0.15, -0.1) is 0 Å². The standard InChI is InChI=1S/C11H18N2O3/c1-6-3-9(6)12-11(16)13-4-7(2)8(5-13)10(14)15/h6-9H,3-5H2,1-2H3,(H,12,16)(H,14,15). The van der Waals surface area contributed by atoms with Crippen LogP contribution in [0.3, 0.4) is 0 Å². The van der Waals surface area contributed by atoms with Crippen molar-refractivity contribution in [2.75, 3.05) is 13.1 Å². The molecule has 4 unspecified atom stereocenters. The summed E-state index contributed by atoms with van der Waals surface area (Å²) in [5, 5.41) is 11.9. The fourth-order valence-electron chi connectivity index (χ4n) is 2.23. The van der Waals surface area contributed by atoms with Gasteiger partial charge in [-0.05, 0) is 18.3 Å². The summed E-state index contributed by atoms with van der Waals surface area (Å²) < 4.78 is 0. The van der Waals surface area contributed by atoms with Gasteiger partial charge in [0.2, 0.25) is 0 Å². The first-order chi connectivity index (χ1) is 7.49. The summed E-state index contributed by atoms with van der Waals surface area (Å²) in [4.78, 5) is 24.3. The van der Waals surface area contributed by atoms with Crippen molar-refractivity contribution in [2.24, 2.45) is 17.8 Å². The first-order valence-corrected chi connectivity index (χ1v) is 5.77. The lowest BCUT2D eigenvalue weighted by Crippen LogP contribution is -2.40. The summed E-state index contributed by atoms with van der Waals surface area (Å²) in [5.74, 6) is -0.607. The second-order valence-corrected chi connectivity index (χ2v) is 5.10. The predicted octanol–water partition coefficient (Wildman–Crippen LogP) is 0.757. The first kappa shape index (κ1) is 11.2. The van der Waals surface area contributed by atoms with Gasteiger partial charge in [-0.1, -0.05) is 13.8 Å². The summed E-state index contributed by atoms with van der Waals surface area (Å²) in [7, 11) is 0. The average molecular weight is 226 g/mol. The molecule has 0 aromatic rings. The molecule has 1 saturated heterocycles. The number of likely N-dealkylation sites (tertiary alicyclic amines) is 1. The lowest BCUT2D eigenvalue weighted by atomic mass is 9.99. The lowest BCUT2D eigenvalue weighted by molar-refractivity contribution is -0.142. The molecule has 2 rings (SSSR count). The summed E-state index contributed by atoms with van der Waals surface area (Å²) >= 11 is 0. The fraction of sp³-hybridized carbons (Fsp3) is 0.818. The van der Waals surface area contributed by atoms with Crippen LogP contribution in [0.1, 0.15) is 20.3 Å². The maximum absolute atomic E-state index is 11.8. The van der Waals surface area contributed by atoms with Crippen molar-refractivity contribution in [2.45, 2.75) is 26.3 Å². The van der Waals surface area contributed by atoms with Gasteiger partial charge < -0.3 is 15.3 Å². The third-order valence-electron chi connectivity index (χ3n) is 3.64. The van der Waals surface area contributed by atoms with Crippen LogP contribution in [0.5, 0.6) is 0 Å². The zero-order chi connectivity index (χ0) is 11.9. The van der Waals surface area contributed by atoms with Crippen molar-refractivity contribution in [1.29, 1.82) is 0 Å². The lowest BCUT2D eigenvalue weighted by Gasteiger charge is -2.16. The van der Waals surface area contributed by atoms with E-state index in [4.69, 9.17) is 5.11 Å². The van der Waals surface area contributed by atoms with Gasteiger partial charge >= 0.3 is 12.0 Å². The number of carbonyl (C=O) groups is 2. The Morgan fingerprint density at radius 2 is 1.88 bits per heavy atom. The molecule has 2 N–H and O–H groups in total. The predicted molar refractivity (Wildman–Crippen MR) is 58.0 cm³/mol. The highest BCUT2D eigenvalue weighted by atomic mass is 16.4. The van der Waals surface area contributed by atoms with Crippen molar-refractivity contribution in [3.8, 4) is 0 Å². The Hall–Kier alpha value is -1.26. The number of urea groups is 1. The van der Waals surface area contributed by atoms with Crippen LogP contribution in [0.2, 0.25) is 0 Å². The molecular formula is C11H18N2O3. The minimum absolute atomic E-state index is 0.0416. The van der Waals surface area contributed by atoms with E-state index < -0.39 is 11.9 Å². The number of hydrogen-bond donors (Lipinski definition) is 2. The minimum atomic E-state index is -0.803. The van der Waals surface area contributed by atoms with Gasteiger partial charge in [0.25, 0.3) is 0 Å². The highest BCUT2D eigenvalue weighted by Crippen LogP contribution is 2.30. The van der Waals surface area contributed by atoms with Crippen molar-refractivity contribution < 1.29 is 14.7 Å². The Bertz CT molecular complexity index is 318. The zero-order valence-corrected chi connectivity index (χ0v) is 9.64. The third-order valence-corrected chi connectivity index (χ3v) is 3.64. The fourth-order valence-corrected chi connectivity index (χ4v) is 2.23. The summed E-state index contributed by atoms with van der Waals surface area (Å²) in [6, 6.07) is 0.191. The molecule has 1 aliphatic carbocycles. The monoisotopic (exact) mass is 226 g/mol. The van der Waals surface area contributed by atoms with Gasteiger partial charge in [0.15, 0.2) is 0 Å². The number of hydrogen-bond acceptors (Lipinski definition) is 2. The van der Waals surface area contributed by atoms with Gasteiger partial charge in [0, 0.05) is 19.1 Å². The van der Waals surface area contributed by atoms with Gasteiger partial charge in [0.1, 0.15) is 0 Å². The normalized spacial score (nSPS) is 37.2. The smallest absolute Gasteiger partial charge is 0.317 e. The topological polar surface area (TPSA) is 69.6 Å². The SMILES string of the molecule is CC1CC1NC(=O)N1CC(C)C(C(=O)O)C1. The van der Waals surface area contributed by atoms with Crippen LogP contribution in [0.4, 0.5) is 4.79 Å². The van der Waals surface area contributed by atoms with E-state index in [-0.39, 0.29) is 11.9 Å². The van der Waals surface area contributed by atoms with E-state index in [0.29, 0.717) is 25.0 Å². The number of rotatable bonds is 2. The minimum Gasteiger partial charge on any atom is -0.481 e. The molecule has 1 aliphatic heterocycles. The van der Waals surface area contributed by atoms with E-state index in [1.54, 1.807) is 4.90 Å². The highest BCUT2D eigenvalue weighted by molar-refractivity contribution is 5.78. The molecular weight excluding hydrogens is 208 g/mol. The summed E-state index contributed by atoms with van der Waals surface area (Å²) in [6.07, 6.45) is 1.04. The van der Waals surface area contributed by atoms with Crippen molar-refractivity contribution in [3.63, 3.8) is 0 Å². The maximum Gasteiger partial charge on any atom is 0.317 e. The van der Waals surface area contributed by atoms with Crippen LogP contribution in [0.15, 0.2) is 0 Å². The van der Waals surface area contributed by atoms with Gasteiger partial charge in [-0.3, -0.25) is 4.79 Å². The third kappa shape index (κ3) is 2.13. The number of carbonyl (C=O) groups excluding carboxylic acids is 1. The van der Waals surface area contributed by atoms with E-state index in [9.17, 15) is 9.59 Å². The van der Waals surface area contributed by atoms with Crippen molar-refractivity contribution in [3.05, 3.63) is 0 Å². The molecule has 5 nitrogen and oxygen atoms in total. The molecule has 2 amide bonds. The van der Waals surface area contributed by atoms with Crippen LogP contribution in [0.25, 0.3) is 0 Å². The molecule has 0 bridgehead atoms. The number of carboxylic acids is 1. The molecule has 90 valence electrons. The Morgan fingerprint density at radius 1 is 1.25 bits per heavy atom. The Kier molecular flexibility index (Phi) is 2.78. The average Bonchev–Trinajstić information content (AvgIpc) is 2.74. The second-order valence-electron chi connectivity index (χ2n) is 5.10. The Morgan fingerprint density at radius 3 is 2.31 bits per heavy atom. The molecule has 2 fully saturated rings. The Labute approximate surface area is 94.8 Å². The number of nitrogens with one attached hydrogen (secondary N) is 1. The van der Waals surface area contributed by atoms with Gasteiger partial charge in [-0.2, -0.15) is 0 Å². The molecule has 0 spiro atoms. The molecule has 0 aromatic heterocycles. The van der Waals surface area contributed by atoms with Crippen LogP contribution < -0.4 is 5.32 Å². The highest BCUT2D eigenvalue weighted by Gasteiger charge is 2.40. The molecule has 1 saturated carbocycles. The summed E-state index contributed by atoms with van der Waals surface area (Å²) in [5.41, 5.74) is 0. The maximum atomic E-state index is 11.8. The van der Waals surface area contributed by atoms with Crippen LogP contribution >= 0.6 is 0 Å². The van der Waals surface area contributed by atoms with Crippen LogP contribution in [0, 0.1) is 17.8 Å². The second kappa shape index (κ2) is 3.96. The van der Waals surface area contributed by atoms with E-state index in [0.717, 1.165) is 6.42 Å². The molecule has 2 aliphatic rings. The van der Waals surface area contributed by atoms with Crippen molar-refractivity contribution >= 4 is 12.0 Å². The van der Waals surface area contributed by atoms with Gasteiger partial charge in [-0.25, -0.2) is 4.79 Å². The molecule has 0 aromatic carbocycles. The number of nitrogens with zero attached hydrogens (tertiary/aromatic N) is 1. The number of aliphatic carboxylic acids is 1. The quantitative estimate of drug-likeness (QED) is 0.730. The summed E-state index contributed by atoms with van der Waals surface area (Å²) in [6.45, 7) is 4.86. The largest absolute Gasteiger partial charge is 0.481 e.